The normalized spacial score (nSPS) is 17.0. The highest BCUT2D eigenvalue weighted by Crippen LogP contribution is 2.31. The topological polar surface area (TPSA) is 75.0 Å². The number of aromatic amines is 1. The Morgan fingerprint density at radius 2 is 2.11 bits per heavy atom. The molecule has 1 saturated heterocycles. The molecule has 3 heterocycles. The second-order valence-corrected chi connectivity index (χ2v) is 7.33. The number of amides is 1. The summed E-state index contributed by atoms with van der Waals surface area (Å²) in [5, 5.41) is 5.32. The number of hydrogen-bond donors (Lipinski definition) is 1. The van der Waals surface area contributed by atoms with Crippen molar-refractivity contribution in [3.05, 3.63) is 77.6 Å². The zero-order chi connectivity index (χ0) is 19.1. The number of fused-ring (bicyclic) bond motifs is 1. The zero-order valence-corrected chi connectivity index (χ0v) is 15.6. The van der Waals surface area contributed by atoms with E-state index in [0.717, 1.165) is 27.7 Å². The number of aryl methyl sites for hydroxylation is 1. The summed E-state index contributed by atoms with van der Waals surface area (Å²) in [6.45, 7) is 2.60. The van der Waals surface area contributed by atoms with Crippen LogP contribution in [0.15, 0.2) is 59.3 Å². The highest BCUT2D eigenvalue weighted by atomic mass is 16.5. The summed E-state index contributed by atoms with van der Waals surface area (Å²) in [6.07, 6.45) is 2.95. The van der Waals surface area contributed by atoms with E-state index in [1.165, 1.54) is 0 Å². The van der Waals surface area contributed by atoms with E-state index < -0.39 is 0 Å². The lowest BCUT2D eigenvalue weighted by atomic mass is 10.1. The molecule has 1 aliphatic rings. The Balaban J connectivity index is 1.34. The molecule has 2 aromatic heterocycles. The molecule has 28 heavy (non-hydrogen) atoms. The third kappa shape index (κ3) is 2.97. The van der Waals surface area contributed by atoms with Crippen LogP contribution >= 0.6 is 0 Å². The van der Waals surface area contributed by atoms with Crippen molar-refractivity contribution in [2.75, 3.05) is 11.4 Å². The molecule has 1 amide bonds. The first-order valence-corrected chi connectivity index (χ1v) is 9.42. The number of hydrogen-bond acceptors (Lipinski definition) is 4. The van der Waals surface area contributed by atoms with Gasteiger partial charge in [0, 0.05) is 41.7 Å². The molecular weight excluding hydrogens is 352 g/mol. The summed E-state index contributed by atoms with van der Waals surface area (Å²) in [4.78, 5) is 22.2. The monoisotopic (exact) mass is 372 g/mol. The number of anilines is 1. The minimum Gasteiger partial charge on any atom is -0.361 e. The molecule has 1 unspecified atom stereocenters. The van der Waals surface area contributed by atoms with Gasteiger partial charge in [-0.1, -0.05) is 35.5 Å². The van der Waals surface area contributed by atoms with Crippen LogP contribution < -0.4 is 4.90 Å². The smallest absolute Gasteiger partial charge is 0.231 e. The zero-order valence-electron chi connectivity index (χ0n) is 15.6. The number of carbonyl (C=O) groups excluding carboxylic acids is 1. The van der Waals surface area contributed by atoms with E-state index in [1.807, 2.05) is 60.5 Å². The van der Waals surface area contributed by atoms with Gasteiger partial charge in [0.1, 0.15) is 0 Å². The first-order valence-electron chi connectivity index (χ1n) is 9.42. The van der Waals surface area contributed by atoms with E-state index in [9.17, 15) is 4.79 Å². The maximum absolute atomic E-state index is 12.5. The molecule has 1 N–H and O–H groups in total. The van der Waals surface area contributed by atoms with Crippen molar-refractivity contribution in [2.24, 2.45) is 0 Å². The molecule has 1 aliphatic heterocycles. The largest absolute Gasteiger partial charge is 0.361 e. The fraction of sp³-hybridized carbons (Fsp3) is 0.227. The van der Waals surface area contributed by atoms with Crippen molar-refractivity contribution in [1.29, 1.82) is 0 Å². The molecule has 0 bridgehead atoms. The molecule has 1 fully saturated rings. The second-order valence-electron chi connectivity index (χ2n) is 7.33. The molecule has 0 radical (unpaired) electrons. The molecule has 2 aromatic carbocycles. The third-order valence-electron chi connectivity index (χ3n) is 5.30. The van der Waals surface area contributed by atoms with Crippen molar-refractivity contribution in [2.45, 2.75) is 25.7 Å². The number of H-pyrrole nitrogens is 1. The summed E-state index contributed by atoms with van der Waals surface area (Å²) in [5.41, 5.74) is 4.27. The van der Waals surface area contributed by atoms with Crippen LogP contribution in [0, 0.1) is 6.92 Å². The molecule has 4 aromatic rings. The SMILES string of the molecule is Cc1cccc(N2CC(c3noc(Cc4c[nH]c5ccccc45)n3)CC2=O)c1. The van der Waals surface area contributed by atoms with Crippen LogP contribution in [-0.2, 0) is 11.2 Å². The van der Waals surface area contributed by atoms with E-state index in [-0.39, 0.29) is 11.8 Å². The van der Waals surface area contributed by atoms with Gasteiger partial charge in [0.15, 0.2) is 5.82 Å². The number of aromatic nitrogens is 3. The predicted molar refractivity (Wildman–Crippen MR) is 106 cm³/mol. The predicted octanol–water partition coefficient (Wildman–Crippen LogP) is 3.97. The molecule has 6 nitrogen and oxygen atoms in total. The Labute approximate surface area is 162 Å². The Morgan fingerprint density at radius 3 is 3.00 bits per heavy atom. The summed E-state index contributed by atoms with van der Waals surface area (Å²) in [6, 6.07) is 16.1. The van der Waals surface area contributed by atoms with E-state index >= 15 is 0 Å². The van der Waals surface area contributed by atoms with Gasteiger partial charge < -0.3 is 14.4 Å². The van der Waals surface area contributed by atoms with Gasteiger partial charge in [-0.25, -0.2) is 0 Å². The van der Waals surface area contributed by atoms with Crippen LogP contribution in [0.3, 0.4) is 0 Å². The fourth-order valence-electron chi connectivity index (χ4n) is 3.87. The average Bonchev–Trinajstić information content (AvgIpc) is 3.41. The second kappa shape index (κ2) is 6.64. The lowest BCUT2D eigenvalue weighted by Crippen LogP contribution is -2.24. The standard InChI is InChI=1S/C22H20N4O2/c1-14-5-4-6-17(9-14)26-13-16(11-21(26)27)22-24-20(28-25-22)10-15-12-23-19-8-3-2-7-18(15)19/h2-9,12,16,23H,10-11,13H2,1H3. The molecule has 0 aliphatic carbocycles. The molecule has 0 spiro atoms. The van der Waals surface area contributed by atoms with E-state index in [0.29, 0.717) is 31.1 Å². The number of para-hydroxylation sites is 1. The summed E-state index contributed by atoms with van der Waals surface area (Å²) in [5.74, 6) is 1.23. The van der Waals surface area contributed by atoms with Crippen molar-refractivity contribution >= 4 is 22.5 Å². The van der Waals surface area contributed by atoms with Gasteiger partial charge >= 0.3 is 0 Å². The number of nitrogens with one attached hydrogen (secondary N) is 1. The van der Waals surface area contributed by atoms with Crippen LogP contribution in [-0.4, -0.2) is 27.6 Å². The van der Waals surface area contributed by atoms with Gasteiger partial charge in [0.2, 0.25) is 11.8 Å². The van der Waals surface area contributed by atoms with Gasteiger partial charge in [0.25, 0.3) is 0 Å². The number of benzene rings is 2. The average molecular weight is 372 g/mol. The molecular formula is C22H20N4O2. The fourth-order valence-corrected chi connectivity index (χ4v) is 3.87. The molecule has 6 heteroatoms. The van der Waals surface area contributed by atoms with Crippen LogP contribution in [0.4, 0.5) is 5.69 Å². The first kappa shape index (κ1) is 16.7. The van der Waals surface area contributed by atoms with Gasteiger partial charge in [-0.3, -0.25) is 4.79 Å². The minimum atomic E-state index is -0.0477. The van der Waals surface area contributed by atoms with E-state index in [1.54, 1.807) is 0 Å². The van der Waals surface area contributed by atoms with Gasteiger partial charge in [-0.05, 0) is 36.2 Å². The summed E-state index contributed by atoms with van der Waals surface area (Å²) >= 11 is 0. The van der Waals surface area contributed by atoms with Crippen molar-refractivity contribution in [1.82, 2.24) is 15.1 Å². The first-order chi connectivity index (χ1) is 13.7. The lowest BCUT2D eigenvalue weighted by molar-refractivity contribution is -0.117. The molecule has 5 rings (SSSR count). The van der Waals surface area contributed by atoms with Crippen molar-refractivity contribution in [3.8, 4) is 0 Å². The Kier molecular flexibility index (Phi) is 3.97. The maximum atomic E-state index is 12.5. The molecule has 0 saturated carbocycles. The van der Waals surface area contributed by atoms with Crippen LogP contribution in [0.2, 0.25) is 0 Å². The van der Waals surface area contributed by atoms with E-state index in [4.69, 9.17) is 4.52 Å². The van der Waals surface area contributed by atoms with Crippen molar-refractivity contribution in [3.63, 3.8) is 0 Å². The summed E-state index contributed by atoms with van der Waals surface area (Å²) in [7, 11) is 0. The van der Waals surface area contributed by atoms with Crippen LogP contribution in [0.1, 0.15) is 35.2 Å². The highest BCUT2D eigenvalue weighted by molar-refractivity contribution is 5.96. The summed E-state index contributed by atoms with van der Waals surface area (Å²) < 4.78 is 5.49. The van der Waals surface area contributed by atoms with Gasteiger partial charge in [-0.15, -0.1) is 0 Å². The Hall–Kier alpha value is -3.41. The van der Waals surface area contributed by atoms with Gasteiger partial charge in [-0.2, -0.15) is 4.98 Å². The Morgan fingerprint density at radius 1 is 1.21 bits per heavy atom. The highest BCUT2D eigenvalue weighted by Gasteiger charge is 2.34. The third-order valence-corrected chi connectivity index (χ3v) is 5.30. The van der Waals surface area contributed by atoms with Crippen molar-refractivity contribution < 1.29 is 9.32 Å². The number of rotatable bonds is 4. The van der Waals surface area contributed by atoms with E-state index in [2.05, 4.69) is 21.2 Å². The van der Waals surface area contributed by atoms with Crippen LogP contribution in [0.25, 0.3) is 10.9 Å². The van der Waals surface area contributed by atoms with Gasteiger partial charge in [0.05, 0.1) is 6.42 Å². The minimum absolute atomic E-state index is 0.0477. The maximum Gasteiger partial charge on any atom is 0.231 e. The Bertz CT molecular complexity index is 1160. The molecule has 1 atom stereocenters. The number of nitrogens with zero attached hydrogens (tertiary/aromatic N) is 3. The van der Waals surface area contributed by atoms with Crippen LogP contribution in [0.5, 0.6) is 0 Å². The lowest BCUT2D eigenvalue weighted by Gasteiger charge is -2.16. The molecule has 140 valence electrons. The number of carbonyl (C=O) groups is 1. The quantitative estimate of drug-likeness (QED) is 0.588.